The lowest BCUT2D eigenvalue weighted by Crippen LogP contribution is -2.11. The smallest absolute Gasteiger partial charge is 0.130 e. The Morgan fingerprint density at radius 1 is 1.11 bits per heavy atom. The van der Waals surface area contributed by atoms with Gasteiger partial charge in [0.2, 0.25) is 0 Å². The summed E-state index contributed by atoms with van der Waals surface area (Å²) in [7, 11) is 0. The van der Waals surface area contributed by atoms with Crippen molar-refractivity contribution >= 4 is 23.1 Å². The number of halogens is 1. The number of benzene rings is 1. The van der Waals surface area contributed by atoms with Crippen LogP contribution in [0.3, 0.4) is 0 Å². The van der Waals surface area contributed by atoms with Gasteiger partial charge >= 0.3 is 0 Å². The second-order valence-electron chi connectivity index (χ2n) is 4.32. The minimum atomic E-state index is 0.432. The quantitative estimate of drug-likeness (QED) is 0.638. The average Bonchev–Trinajstić information content (AvgIpc) is 2.71. The van der Waals surface area contributed by atoms with Gasteiger partial charge in [0.25, 0.3) is 0 Å². The van der Waals surface area contributed by atoms with Crippen LogP contribution in [-0.2, 0) is 0 Å². The van der Waals surface area contributed by atoms with Crippen LogP contribution in [0.2, 0.25) is 5.02 Å². The van der Waals surface area contributed by atoms with Crippen molar-refractivity contribution in [2.45, 2.75) is 13.8 Å². The molecule has 0 unspecified atom stereocenters. The first-order chi connectivity index (χ1) is 9.08. The molecule has 4 heteroatoms. The maximum absolute atomic E-state index is 8.04. The molecule has 0 aliphatic rings. The average molecular weight is 274 g/mol. The Kier molecular flexibility index (Phi) is 4.07. The molecular weight excluding hydrogens is 258 g/mol. The van der Waals surface area contributed by atoms with Gasteiger partial charge in [0.15, 0.2) is 0 Å². The Bertz CT molecular complexity index is 589. The summed E-state index contributed by atoms with van der Waals surface area (Å²) >= 11 is 5.82. The van der Waals surface area contributed by atoms with Gasteiger partial charge in [0.1, 0.15) is 5.84 Å². The van der Waals surface area contributed by atoms with E-state index in [0.717, 1.165) is 17.1 Å². The molecule has 1 aromatic heterocycles. The summed E-state index contributed by atoms with van der Waals surface area (Å²) in [4.78, 5) is 0. The van der Waals surface area contributed by atoms with Crippen LogP contribution in [0.1, 0.15) is 11.4 Å². The van der Waals surface area contributed by atoms with Crippen LogP contribution in [0.5, 0.6) is 0 Å². The predicted octanol–water partition coefficient (Wildman–Crippen LogP) is 4.21. The van der Waals surface area contributed by atoms with Gasteiger partial charge in [-0.05, 0) is 56.3 Å². The topological polar surface area (TPSA) is 40.8 Å². The summed E-state index contributed by atoms with van der Waals surface area (Å²) in [6.07, 6.45) is 3.49. The number of nitrogens with zero attached hydrogens (tertiary/aromatic N) is 1. The highest BCUT2D eigenvalue weighted by atomic mass is 35.5. The largest absolute Gasteiger partial charge is 0.362 e. The molecule has 2 aromatic rings. The first-order valence-electron chi connectivity index (χ1n) is 6.00. The summed E-state index contributed by atoms with van der Waals surface area (Å²) in [5, 5.41) is 11.9. The second kappa shape index (κ2) is 5.76. The molecule has 1 aromatic carbocycles. The van der Waals surface area contributed by atoms with E-state index in [-0.39, 0.29) is 0 Å². The standard InChI is InChI=1S/C15H16ClN3/c1-11-3-4-12(2)19(11)15(17)9-10-18-14-7-5-13(16)6-8-14/h3-10,17-18H,1-2H3/b10-9-,17-15?. The van der Waals surface area contributed by atoms with Gasteiger partial charge < -0.3 is 9.88 Å². The maximum atomic E-state index is 8.04. The summed E-state index contributed by atoms with van der Waals surface area (Å²) in [6.45, 7) is 3.98. The first-order valence-corrected chi connectivity index (χ1v) is 6.38. The van der Waals surface area contributed by atoms with Gasteiger partial charge in [-0.2, -0.15) is 0 Å². The lowest BCUT2D eigenvalue weighted by Gasteiger charge is -2.07. The highest BCUT2D eigenvalue weighted by Gasteiger charge is 2.03. The van der Waals surface area contributed by atoms with Crippen LogP contribution in [-0.4, -0.2) is 10.4 Å². The van der Waals surface area contributed by atoms with Gasteiger partial charge in [-0.15, -0.1) is 0 Å². The number of aromatic nitrogens is 1. The van der Waals surface area contributed by atoms with Crippen molar-refractivity contribution < 1.29 is 0 Å². The van der Waals surface area contributed by atoms with Crippen LogP contribution in [0.4, 0.5) is 5.69 Å². The number of hydrogen-bond acceptors (Lipinski definition) is 2. The van der Waals surface area contributed by atoms with E-state index in [2.05, 4.69) is 5.32 Å². The molecule has 0 bridgehead atoms. The zero-order valence-electron chi connectivity index (χ0n) is 10.9. The van der Waals surface area contributed by atoms with Crippen LogP contribution in [0.15, 0.2) is 48.7 Å². The molecule has 19 heavy (non-hydrogen) atoms. The molecule has 2 N–H and O–H groups in total. The van der Waals surface area contributed by atoms with Gasteiger partial charge in [-0.25, -0.2) is 0 Å². The molecule has 2 rings (SSSR count). The summed E-state index contributed by atoms with van der Waals surface area (Å²) in [5.74, 6) is 0.432. The minimum Gasteiger partial charge on any atom is -0.362 e. The summed E-state index contributed by atoms with van der Waals surface area (Å²) in [6, 6.07) is 11.4. The lowest BCUT2D eigenvalue weighted by atomic mass is 10.3. The number of allylic oxidation sites excluding steroid dienone is 1. The third-order valence-electron chi connectivity index (χ3n) is 2.85. The van der Waals surface area contributed by atoms with Crippen molar-refractivity contribution in [1.82, 2.24) is 4.57 Å². The Morgan fingerprint density at radius 3 is 2.26 bits per heavy atom. The third kappa shape index (κ3) is 3.26. The van der Waals surface area contributed by atoms with Crippen molar-refractivity contribution in [3.63, 3.8) is 0 Å². The molecule has 0 aliphatic heterocycles. The minimum absolute atomic E-state index is 0.432. The molecule has 0 spiro atoms. The van der Waals surface area contributed by atoms with Crippen molar-refractivity contribution in [1.29, 1.82) is 5.41 Å². The molecule has 0 aliphatic carbocycles. The fourth-order valence-electron chi connectivity index (χ4n) is 1.89. The lowest BCUT2D eigenvalue weighted by molar-refractivity contribution is 1.02. The summed E-state index contributed by atoms with van der Waals surface area (Å²) in [5.41, 5.74) is 3.05. The molecule has 0 amide bonds. The van der Waals surface area contributed by atoms with Crippen molar-refractivity contribution in [2.24, 2.45) is 0 Å². The maximum Gasteiger partial charge on any atom is 0.130 e. The number of nitrogens with one attached hydrogen (secondary N) is 2. The fraction of sp³-hybridized carbons (Fsp3) is 0.133. The number of hydrogen-bond donors (Lipinski definition) is 2. The third-order valence-corrected chi connectivity index (χ3v) is 3.10. The Morgan fingerprint density at radius 2 is 1.68 bits per heavy atom. The van der Waals surface area contributed by atoms with E-state index < -0.39 is 0 Å². The molecule has 0 saturated carbocycles. The number of anilines is 1. The Hall–Kier alpha value is -2.00. The van der Waals surface area contributed by atoms with Crippen LogP contribution < -0.4 is 5.32 Å². The van der Waals surface area contributed by atoms with E-state index in [1.54, 1.807) is 12.3 Å². The van der Waals surface area contributed by atoms with E-state index in [1.807, 2.05) is 54.8 Å². The monoisotopic (exact) mass is 273 g/mol. The first kappa shape index (κ1) is 13.4. The zero-order chi connectivity index (χ0) is 13.8. The Balaban J connectivity index is 2.03. The molecule has 3 nitrogen and oxygen atoms in total. The van der Waals surface area contributed by atoms with Gasteiger partial charge in [-0.1, -0.05) is 11.6 Å². The van der Waals surface area contributed by atoms with E-state index in [1.165, 1.54) is 0 Å². The predicted molar refractivity (Wildman–Crippen MR) is 81.2 cm³/mol. The van der Waals surface area contributed by atoms with E-state index in [0.29, 0.717) is 10.9 Å². The fourth-order valence-corrected chi connectivity index (χ4v) is 2.01. The van der Waals surface area contributed by atoms with Crippen LogP contribution >= 0.6 is 11.6 Å². The molecule has 0 atom stereocenters. The van der Waals surface area contributed by atoms with Gasteiger partial charge in [0, 0.05) is 28.3 Å². The number of aryl methyl sites for hydroxylation is 2. The van der Waals surface area contributed by atoms with Crippen molar-refractivity contribution in [2.75, 3.05) is 5.32 Å². The van der Waals surface area contributed by atoms with E-state index in [4.69, 9.17) is 17.0 Å². The SMILES string of the molecule is Cc1ccc(C)n1C(=N)/C=C\Nc1ccc(Cl)cc1. The number of rotatable bonds is 3. The molecule has 0 radical (unpaired) electrons. The van der Waals surface area contributed by atoms with Crippen molar-refractivity contribution in [3.05, 3.63) is 65.1 Å². The molecule has 98 valence electrons. The summed E-state index contributed by atoms with van der Waals surface area (Å²) < 4.78 is 1.89. The van der Waals surface area contributed by atoms with E-state index >= 15 is 0 Å². The van der Waals surface area contributed by atoms with Crippen LogP contribution in [0, 0.1) is 19.3 Å². The normalized spacial score (nSPS) is 10.9. The zero-order valence-corrected chi connectivity index (χ0v) is 11.7. The molecular formula is C15H16ClN3. The van der Waals surface area contributed by atoms with Gasteiger partial charge in [0.05, 0.1) is 0 Å². The highest BCUT2D eigenvalue weighted by molar-refractivity contribution is 6.30. The molecule has 1 heterocycles. The Labute approximate surface area is 118 Å². The van der Waals surface area contributed by atoms with E-state index in [9.17, 15) is 0 Å². The van der Waals surface area contributed by atoms with Crippen molar-refractivity contribution in [3.8, 4) is 0 Å². The van der Waals surface area contributed by atoms with Gasteiger partial charge in [-0.3, -0.25) is 5.41 Å². The highest BCUT2D eigenvalue weighted by Crippen LogP contribution is 2.13. The molecule has 0 saturated heterocycles. The second-order valence-corrected chi connectivity index (χ2v) is 4.76. The molecule has 0 fully saturated rings. The van der Waals surface area contributed by atoms with Crippen LogP contribution in [0.25, 0.3) is 0 Å².